The Morgan fingerprint density at radius 3 is 2.34 bits per heavy atom. The molecule has 1 aliphatic rings. The smallest absolute Gasteiger partial charge is 0.435 e. The van der Waals surface area contributed by atoms with E-state index in [-0.39, 0.29) is 43.4 Å². The SMILES string of the molecule is Cn1nc(NS(C)=O)c2c(Cl)ccc(-c3ccc(C#CC(C)(O)CNC(=O)OC(C)(C)C)nc3C(Cc3cc(F)cc(F)c3)NC(=O)n3nc(C(F)(F)F)c4c3C(F)(F)CC4)c21. The van der Waals surface area contributed by atoms with Gasteiger partial charge in [-0.05, 0) is 82.4 Å². The fourth-order valence-electron chi connectivity index (χ4n) is 6.87. The number of fused-ring (bicyclic) bond motifs is 2. The summed E-state index contributed by atoms with van der Waals surface area (Å²) in [6.45, 7) is 5.79. The van der Waals surface area contributed by atoms with Crippen LogP contribution in [0.1, 0.15) is 74.1 Å². The first-order valence-corrected chi connectivity index (χ1v) is 20.5. The second kappa shape index (κ2) is 16.9. The molecule has 6 rings (SSSR count). The van der Waals surface area contributed by atoms with Crippen molar-refractivity contribution in [3.8, 4) is 23.0 Å². The van der Waals surface area contributed by atoms with Crippen molar-refractivity contribution < 1.29 is 54.4 Å². The number of anilines is 1. The summed E-state index contributed by atoms with van der Waals surface area (Å²) in [5, 5.41) is 24.0. The average molecular weight is 911 g/mol. The molecule has 3 unspecified atom stereocenters. The molecule has 0 saturated heterocycles. The fourth-order valence-corrected chi connectivity index (χ4v) is 7.53. The van der Waals surface area contributed by atoms with Gasteiger partial charge in [0.1, 0.15) is 45.2 Å². The maximum Gasteiger partial charge on any atom is 0.435 e. The van der Waals surface area contributed by atoms with E-state index >= 15 is 8.78 Å². The second-order valence-corrected chi connectivity index (χ2v) is 17.1. The number of aliphatic hydroxyl groups is 1. The van der Waals surface area contributed by atoms with E-state index in [4.69, 9.17) is 16.3 Å². The molecule has 13 nitrogen and oxygen atoms in total. The maximum atomic E-state index is 15.2. The molecule has 0 aliphatic heterocycles. The lowest BCUT2D eigenvalue weighted by atomic mass is 9.93. The van der Waals surface area contributed by atoms with Crippen LogP contribution in [0.25, 0.3) is 22.0 Å². The zero-order valence-corrected chi connectivity index (χ0v) is 35.3. The van der Waals surface area contributed by atoms with Gasteiger partial charge >= 0.3 is 18.3 Å². The molecule has 4 N–H and O–H groups in total. The van der Waals surface area contributed by atoms with Crippen molar-refractivity contribution in [2.75, 3.05) is 17.5 Å². The van der Waals surface area contributed by atoms with Crippen molar-refractivity contribution in [1.29, 1.82) is 0 Å². The largest absolute Gasteiger partial charge is 0.444 e. The summed E-state index contributed by atoms with van der Waals surface area (Å²) in [7, 11) is -0.0777. The quantitative estimate of drug-likeness (QED) is 0.0864. The number of alkyl carbamates (subject to hydrolysis) is 1. The highest BCUT2D eigenvalue weighted by atomic mass is 35.5. The Bertz CT molecular complexity index is 2660. The van der Waals surface area contributed by atoms with Gasteiger partial charge in [-0.3, -0.25) is 9.40 Å². The van der Waals surface area contributed by atoms with Crippen LogP contribution in [0.2, 0.25) is 5.02 Å². The molecule has 62 heavy (non-hydrogen) atoms. The van der Waals surface area contributed by atoms with E-state index in [0.717, 1.165) is 12.1 Å². The highest BCUT2D eigenvalue weighted by Crippen LogP contribution is 2.47. The summed E-state index contributed by atoms with van der Waals surface area (Å²) in [5.41, 5.74) is -6.15. The van der Waals surface area contributed by atoms with Crippen molar-refractivity contribution >= 4 is 51.4 Å². The van der Waals surface area contributed by atoms with Crippen molar-refractivity contribution in [1.82, 2.24) is 35.2 Å². The number of carbonyl (C=O) groups excluding carboxylic acids is 2. The predicted octanol–water partition coefficient (Wildman–Crippen LogP) is 7.69. The van der Waals surface area contributed by atoms with Crippen LogP contribution in [-0.2, 0) is 47.7 Å². The number of alkyl halides is 5. The Kier molecular flexibility index (Phi) is 12.5. The second-order valence-electron chi connectivity index (χ2n) is 15.6. The minimum Gasteiger partial charge on any atom is -0.444 e. The number of hydrogen-bond donors (Lipinski definition) is 4. The van der Waals surface area contributed by atoms with Gasteiger partial charge in [-0.25, -0.2) is 27.6 Å². The molecular formula is C40H38ClF7N8O5S. The minimum atomic E-state index is -5.21. The topological polar surface area (TPSA) is 165 Å². The number of carbonyl (C=O) groups is 2. The van der Waals surface area contributed by atoms with Gasteiger partial charge in [-0.1, -0.05) is 23.6 Å². The Morgan fingerprint density at radius 1 is 1.05 bits per heavy atom. The van der Waals surface area contributed by atoms with Gasteiger partial charge in [0.15, 0.2) is 11.5 Å². The molecule has 3 atom stereocenters. The van der Waals surface area contributed by atoms with Gasteiger partial charge < -0.3 is 20.5 Å². The molecule has 0 spiro atoms. The molecule has 5 aromatic rings. The molecule has 3 aromatic heterocycles. The fraction of sp³-hybridized carbons (Fsp3) is 0.375. The highest BCUT2D eigenvalue weighted by Gasteiger charge is 2.51. The first kappa shape index (κ1) is 45.8. The van der Waals surface area contributed by atoms with Crippen LogP contribution >= 0.6 is 11.6 Å². The van der Waals surface area contributed by atoms with Crippen LogP contribution in [-0.4, -0.2) is 70.0 Å². The number of hydrogen-bond acceptors (Lipinski definition) is 8. The van der Waals surface area contributed by atoms with E-state index < -0.39 is 107 Å². The van der Waals surface area contributed by atoms with Gasteiger partial charge in [0, 0.05) is 42.5 Å². The lowest BCUT2D eigenvalue weighted by molar-refractivity contribution is -0.142. The third-order valence-corrected chi connectivity index (χ3v) is 10.1. The lowest BCUT2D eigenvalue weighted by Gasteiger charge is -2.23. The predicted molar refractivity (Wildman–Crippen MR) is 215 cm³/mol. The monoisotopic (exact) mass is 910 g/mol. The standard InChI is InChI=1S/C40H38ClF7N8O5S/c1-37(2,3)61-36(58)49-19-38(4,59)13-11-23-7-8-24(25-9-10-27(41)29-31(25)55(5)53-34(29)54-62(6)60)30(50-23)28(17-20-15-21(42)18-22(43)16-20)51-35(57)56-33-26(12-14-39(33,44)45)32(52-56)40(46,47)48/h7-10,15-16,18,28,59H,12,14,17,19H2,1-6H3,(H,49,58)(H,51,57)(H,53,54). The third kappa shape index (κ3) is 10.1. The first-order valence-electron chi connectivity index (χ1n) is 18.6. The van der Waals surface area contributed by atoms with Crippen molar-refractivity contribution in [3.05, 3.63) is 93.0 Å². The van der Waals surface area contributed by atoms with E-state index in [0.29, 0.717) is 17.1 Å². The Labute approximate surface area is 356 Å². The van der Waals surface area contributed by atoms with E-state index in [1.54, 1.807) is 20.8 Å². The number of halogens is 8. The number of ether oxygens (including phenoxy) is 1. The number of amides is 2. The lowest BCUT2D eigenvalue weighted by Crippen LogP contribution is -2.42. The molecule has 330 valence electrons. The van der Waals surface area contributed by atoms with E-state index in [2.05, 4.69) is 42.4 Å². The molecule has 2 amide bonds. The van der Waals surface area contributed by atoms with Crippen molar-refractivity contribution in [2.24, 2.45) is 7.05 Å². The van der Waals surface area contributed by atoms with Gasteiger partial charge in [-0.2, -0.15) is 36.8 Å². The molecule has 1 aliphatic carbocycles. The van der Waals surface area contributed by atoms with Gasteiger partial charge in [0.05, 0.1) is 34.2 Å². The summed E-state index contributed by atoms with van der Waals surface area (Å²) >= 11 is 6.62. The minimum absolute atomic E-state index is 0.0626. The summed E-state index contributed by atoms with van der Waals surface area (Å²) < 4.78 is 123. The summed E-state index contributed by atoms with van der Waals surface area (Å²) in [6.07, 6.45) is -6.97. The van der Waals surface area contributed by atoms with Crippen LogP contribution in [0.15, 0.2) is 42.5 Å². The van der Waals surface area contributed by atoms with Crippen molar-refractivity contribution in [3.63, 3.8) is 0 Å². The van der Waals surface area contributed by atoms with Crippen LogP contribution < -0.4 is 15.4 Å². The first-order chi connectivity index (χ1) is 28.7. The van der Waals surface area contributed by atoms with E-state index in [1.165, 1.54) is 49.2 Å². The van der Waals surface area contributed by atoms with E-state index in [1.807, 2.05) is 0 Å². The zero-order chi connectivity index (χ0) is 45.7. The summed E-state index contributed by atoms with van der Waals surface area (Å²) in [4.78, 5) is 31.0. The molecule has 3 heterocycles. The molecule has 2 aromatic carbocycles. The number of pyridine rings is 1. The van der Waals surface area contributed by atoms with Gasteiger partial charge in [0.2, 0.25) is 0 Å². The average Bonchev–Trinajstić information content (AvgIpc) is 3.80. The molecular weight excluding hydrogens is 873 g/mol. The number of aryl methyl sites for hydroxylation is 1. The van der Waals surface area contributed by atoms with Crippen LogP contribution in [0.5, 0.6) is 0 Å². The number of rotatable bonds is 9. The number of nitrogens with one attached hydrogen (secondary N) is 3. The maximum absolute atomic E-state index is 15.2. The Balaban J connectivity index is 1.55. The van der Waals surface area contributed by atoms with Crippen LogP contribution in [0.4, 0.5) is 46.1 Å². The van der Waals surface area contributed by atoms with Crippen LogP contribution in [0, 0.1) is 23.5 Å². The van der Waals surface area contributed by atoms with E-state index in [9.17, 15) is 40.9 Å². The van der Waals surface area contributed by atoms with Gasteiger partial charge in [-0.15, -0.1) is 0 Å². The third-order valence-electron chi connectivity index (χ3n) is 9.30. The Morgan fingerprint density at radius 2 is 1.71 bits per heavy atom. The number of aromatic nitrogens is 5. The molecule has 22 heteroatoms. The number of nitrogens with zero attached hydrogens (tertiary/aromatic N) is 5. The Hall–Kier alpha value is -5.72. The molecule has 0 fully saturated rings. The summed E-state index contributed by atoms with van der Waals surface area (Å²) in [6, 6.07) is 5.15. The van der Waals surface area contributed by atoms with Crippen molar-refractivity contribution in [2.45, 2.75) is 76.3 Å². The van der Waals surface area contributed by atoms with Crippen LogP contribution in [0.3, 0.4) is 0 Å². The normalized spacial score (nSPS) is 15.5. The highest BCUT2D eigenvalue weighted by molar-refractivity contribution is 7.85. The summed E-state index contributed by atoms with van der Waals surface area (Å²) in [5.74, 6) is -0.554. The van der Waals surface area contributed by atoms with Gasteiger partial charge in [0.25, 0.3) is 5.92 Å². The number of benzene rings is 2. The molecule has 0 radical (unpaired) electrons. The zero-order valence-electron chi connectivity index (χ0n) is 33.7. The molecule has 0 saturated carbocycles. The molecule has 0 bridgehead atoms.